The quantitative estimate of drug-likeness (QED) is 0.863. The Hall–Kier alpha value is -1.31. The fourth-order valence-electron chi connectivity index (χ4n) is 2.34. The van der Waals surface area contributed by atoms with Gasteiger partial charge in [-0.05, 0) is 5.56 Å². The van der Waals surface area contributed by atoms with Crippen molar-refractivity contribution in [3.05, 3.63) is 53.9 Å². The van der Waals surface area contributed by atoms with Gasteiger partial charge in [0.15, 0.2) is 0 Å². The van der Waals surface area contributed by atoms with Crippen LogP contribution < -0.4 is 0 Å². The normalized spacial score (nSPS) is 20.5. The third-order valence-corrected chi connectivity index (χ3v) is 6.44. The van der Waals surface area contributed by atoms with Crippen LogP contribution in [0.4, 0.5) is 0 Å². The molecule has 1 saturated heterocycles. The van der Waals surface area contributed by atoms with Gasteiger partial charge in [-0.1, -0.05) is 35.5 Å². The minimum absolute atomic E-state index is 0.102. The van der Waals surface area contributed by atoms with E-state index < -0.39 is 10.0 Å². The van der Waals surface area contributed by atoms with E-state index >= 15 is 0 Å². The van der Waals surface area contributed by atoms with E-state index in [0.29, 0.717) is 18.8 Å². The summed E-state index contributed by atoms with van der Waals surface area (Å²) in [5, 5.41) is 3.87. The summed E-state index contributed by atoms with van der Waals surface area (Å²) >= 11 is 1.80. The van der Waals surface area contributed by atoms with E-state index in [-0.39, 0.29) is 11.0 Å². The molecular weight excluding hydrogens is 308 g/mol. The zero-order valence-electron chi connectivity index (χ0n) is 11.4. The van der Waals surface area contributed by atoms with Gasteiger partial charge in [-0.2, -0.15) is 16.1 Å². The van der Waals surface area contributed by atoms with E-state index in [2.05, 4.69) is 5.16 Å². The molecule has 5 nitrogen and oxygen atoms in total. The van der Waals surface area contributed by atoms with Crippen molar-refractivity contribution in [1.82, 2.24) is 9.46 Å². The molecule has 1 aromatic heterocycles. The summed E-state index contributed by atoms with van der Waals surface area (Å²) in [6.07, 6.45) is 1.39. The van der Waals surface area contributed by atoms with Gasteiger partial charge < -0.3 is 4.52 Å². The maximum Gasteiger partial charge on any atom is 0.220 e. The molecule has 1 aromatic carbocycles. The molecule has 0 amide bonds. The third kappa shape index (κ3) is 3.48. The third-order valence-electron chi connectivity index (χ3n) is 3.42. The van der Waals surface area contributed by atoms with E-state index in [4.69, 9.17) is 4.52 Å². The summed E-state index contributed by atoms with van der Waals surface area (Å²) < 4.78 is 31.2. The van der Waals surface area contributed by atoms with Gasteiger partial charge in [0.25, 0.3) is 0 Å². The number of nitrogens with zero attached hydrogens (tertiary/aromatic N) is 2. The first-order valence-corrected chi connectivity index (χ1v) is 9.34. The van der Waals surface area contributed by atoms with E-state index in [1.165, 1.54) is 11.8 Å². The number of benzene rings is 1. The summed E-state index contributed by atoms with van der Waals surface area (Å²) in [5.41, 5.74) is 1.62. The first-order valence-electron chi connectivity index (χ1n) is 6.69. The molecule has 0 saturated carbocycles. The molecule has 0 N–H and O–H groups in total. The van der Waals surface area contributed by atoms with Gasteiger partial charge in [0.05, 0.1) is 5.69 Å². The SMILES string of the molecule is O=S(=O)(Cc1ccon1)N1CCSC(c2ccccc2)C1. The van der Waals surface area contributed by atoms with Gasteiger partial charge in [0.1, 0.15) is 12.0 Å². The molecule has 1 aliphatic rings. The lowest BCUT2D eigenvalue weighted by molar-refractivity contribution is 0.406. The van der Waals surface area contributed by atoms with Gasteiger partial charge >= 0.3 is 0 Å². The molecular formula is C14H16N2O3S2. The number of thioether (sulfide) groups is 1. The van der Waals surface area contributed by atoms with E-state index in [1.807, 2.05) is 30.3 Å². The lowest BCUT2D eigenvalue weighted by atomic mass is 10.1. The van der Waals surface area contributed by atoms with Crippen LogP contribution in [0.2, 0.25) is 0 Å². The topological polar surface area (TPSA) is 63.4 Å². The number of rotatable bonds is 4. The Morgan fingerprint density at radius 2 is 2.10 bits per heavy atom. The second kappa shape index (κ2) is 6.21. The van der Waals surface area contributed by atoms with Gasteiger partial charge in [-0.3, -0.25) is 0 Å². The lowest BCUT2D eigenvalue weighted by Gasteiger charge is -2.31. The molecule has 21 heavy (non-hydrogen) atoms. The molecule has 1 fully saturated rings. The van der Waals surface area contributed by atoms with E-state index in [1.54, 1.807) is 22.1 Å². The van der Waals surface area contributed by atoms with Crippen LogP contribution in [0.25, 0.3) is 0 Å². The summed E-state index contributed by atoms with van der Waals surface area (Å²) in [6, 6.07) is 11.6. The van der Waals surface area contributed by atoms with Crippen LogP contribution in [-0.4, -0.2) is 36.7 Å². The molecule has 112 valence electrons. The molecule has 0 spiro atoms. The molecule has 0 radical (unpaired) electrons. The number of hydrogen-bond donors (Lipinski definition) is 0. The highest BCUT2D eigenvalue weighted by atomic mass is 32.2. The number of aromatic nitrogens is 1. The predicted octanol–water partition coefficient (Wildman–Crippen LogP) is 2.29. The standard InChI is InChI=1S/C14H16N2O3S2/c17-21(18,11-13-6-8-19-15-13)16-7-9-20-14(10-16)12-4-2-1-3-5-12/h1-6,8,14H,7,9-11H2. The van der Waals surface area contributed by atoms with E-state index in [9.17, 15) is 8.42 Å². The largest absolute Gasteiger partial charge is 0.364 e. The van der Waals surface area contributed by atoms with Gasteiger partial charge in [0, 0.05) is 30.2 Å². The molecule has 0 aliphatic carbocycles. The highest BCUT2D eigenvalue weighted by Crippen LogP contribution is 2.34. The van der Waals surface area contributed by atoms with Crippen LogP contribution in [0, 0.1) is 0 Å². The highest BCUT2D eigenvalue weighted by Gasteiger charge is 2.30. The molecule has 3 rings (SSSR count). The number of hydrogen-bond acceptors (Lipinski definition) is 5. The first-order chi connectivity index (χ1) is 10.1. The van der Waals surface area contributed by atoms with Gasteiger partial charge in [0.2, 0.25) is 10.0 Å². The van der Waals surface area contributed by atoms with Crippen LogP contribution in [0.15, 0.2) is 47.2 Å². The van der Waals surface area contributed by atoms with Crippen molar-refractivity contribution in [3.8, 4) is 0 Å². The first kappa shape index (κ1) is 14.6. The molecule has 1 atom stereocenters. The average Bonchev–Trinajstić information content (AvgIpc) is 3.00. The molecule has 1 unspecified atom stereocenters. The van der Waals surface area contributed by atoms with E-state index in [0.717, 1.165) is 5.75 Å². The Morgan fingerprint density at radius 1 is 1.29 bits per heavy atom. The highest BCUT2D eigenvalue weighted by molar-refractivity contribution is 7.99. The van der Waals surface area contributed by atoms with Crippen LogP contribution in [0.5, 0.6) is 0 Å². The minimum atomic E-state index is -3.35. The van der Waals surface area contributed by atoms with Crippen molar-refractivity contribution in [1.29, 1.82) is 0 Å². The van der Waals surface area contributed by atoms with Crippen molar-refractivity contribution >= 4 is 21.8 Å². The summed E-state index contributed by atoms with van der Waals surface area (Å²) in [7, 11) is -3.35. The van der Waals surface area contributed by atoms with Crippen LogP contribution in [0.1, 0.15) is 16.5 Å². The fourth-order valence-corrected chi connectivity index (χ4v) is 5.24. The van der Waals surface area contributed by atoms with Crippen molar-refractivity contribution in [2.45, 2.75) is 11.0 Å². The molecule has 7 heteroatoms. The second-order valence-electron chi connectivity index (χ2n) is 4.88. The van der Waals surface area contributed by atoms with Crippen LogP contribution in [0.3, 0.4) is 0 Å². The van der Waals surface area contributed by atoms with Gasteiger partial charge in [-0.15, -0.1) is 0 Å². The summed E-state index contributed by atoms with van der Waals surface area (Å²) in [6.45, 7) is 1.06. The fraction of sp³-hybridized carbons (Fsp3) is 0.357. The Balaban J connectivity index is 1.73. The average molecular weight is 324 g/mol. The maximum atomic E-state index is 12.5. The van der Waals surface area contributed by atoms with Crippen LogP contribution in [-0.2, 0) is 15.8 Å². The summed E-state index contributed by atoms with van der Waals surface area (Å²) in [5.74, 6) is 0.702. The maximum absolute atomic E-state index is 12.5. The zero-order valence-corrected chi connectivity index (χ0v) is 13.0. The zero-order chi connectivity index (χ0) is 14.7. The molecule has 2 aromatic rings. The van der Waals surface area contributed by atoms with Crippen molar-refractivity contribution < 1.29 is 12.9 Å². The Kier molecular flexibility index (Phi) is 4.32. The van der Waals surface area contributed by atoms with Crippen molar-refractivity contribution in [2.75, 3.05) is 18.8 Å². The summed E-state index contributed by atoms with van der Waals surface area (Å²) in [4.78, 5) is 0. The lowest BCUT2D eigenvalue weighted by Crippen LogP contribution is -2.39. The molecule has 2 heterocycles. The molecule has 1 aliphatic heterocycles. The molecule has 0 bridgehead atoms. The second-order valence-corrected chi connectivity index (χ2v) is 8.15. The predicted molar refractivity (Wildman–Crippen MR) is 82.3 cm³/mol. The number of sulfonamides is 1. The Labute approximate surface area is 128 Å². The van der Waals surface area contributed by atoms with Crippen molar-refractivity contribution in [3.63, 3.8) is 0 Å². The smallest absolute Gasteiger partial charge is 0.220 e. The Bertz CT molecular complexity index is 672. The van der Waals surface area contributed by atoms with Gasteiger partial charge in [-0.25, -0.2) is 8.42 Å². The Morgan fingerprint density at radius 3 is 2.81 bits per heavy atom. The minimum Gasteiger partial charge on any atom is -0.364 e. The van der Waals surface area contributed by atoms with Crippen molar-refractivity contribution in [2.24, 2.45) is 0 Å². The van der Waals surface area contributed by atoms with Crippen LogP contribution >= 0.6 is 11.8 Å². The monoisotopic (exact) mass is 324 g/mol.